The third-order valence-corrected chi connectivity index (χ3v) is 6.14. The van der Waals surface area contributed by atoms with Crippen LogP contribution in [-0.2, 0) is 24.7 Å². The Balaban J connectivity index is 1.77. The fourth-order valence-electron chi connectivity index (χ4n) is 4.58. The summed E-state index contributed by atoms with van der Waals surface area (Å²) in [6.45, 7) is 2.65. The van der Waals surface area contributed by atoms with Crippen LogP contribution in [0.5, 0.6) is 0 Å². The quantitative estimate of drug-likeness (QED) is 0.563. The minimum Gasteiger partial charge on any atom is -0.385 e. The fourth-order valence-corrected chi connectivity index (χ4v) is 4.94. The first-order chi connectivity index (χ1) is 12.4. The Morgan fingerprint density at radius 1 is 1.27 bits per heavy atom. The number of hydrogen-bond acceptors (Lipinski definition) is 5. The standard InChI is InChI=1S/C18H20BrN3O4/c1-9-13-14(16(24)22(15(13)23)6-3-7-26-2)18(21-9)11-8-10(19)4-5-12(11)20-17(18)25/h4-5,8-9,13-14,21H,3,6-7H2,1-2H3,(H,20,25). The summed E-state index contributed by atoms with van der Waals surface area (Å²) in [5.74, 6) is -2.03. The molecule has 1 aromatic rings. The lowest BCUT2D eigenvalue weighted by Gasteiger charge is -2.29. The molecule has 7 nitrogen and oxygen atoms in total. The molecule has 0 aliphatic carbocycles. The summed E-state index contributed by atoms with van der Waals surface area (Å²) in [4.78, 5) is 40.4. The van der Waals surface area contributed by atoms with Crippen molar-refractivity contribution in [1.82, 2.24) is 10.2 Å². The number of imide groups is 1. The van der Waals surface area contributed by atoms with Crippen LogP contribution in [-0.4, -0.2) is 48.9 Å². The van der Waals surface area contributed by atoms with Crippen molar-refractivity contribution in [2.45, 2.75) is 24.9 Å². The van der Waals surface area contributed by atoms with Gasteiger partial charge in [-0.15, -0.1) is 0 Å². The topological polar surface area (TPSA) is 87.7 Å². The zero-order valence-electron chi connectivity index (χ0n) is 14.5. The Kier molecular flexibility index (Phi) is 4.17. The van der Waals surface area contributed by atoms with Gasteiger partial charge in [-0.1, -0.05) is 15.9 Å². The van der Waals surface area contributed by atoms with Gasteiger partial charge in [0, 0.05) is 42.0 Å². The predicted octanol–water partition coefficient (Wildman–Crippen LogP) is 1.23. The number of halogens is 1. The highest BCUT2D eigenvalue weighted by Gasteiger charge is 2.69. The van der Waals surface area contributed by atoms with Gasteiger partial charge in [-0.05, 0) is 31.5 Å². The van der Waals surface area contributed by atoms with E-state index >= 15 is 0 Å². The van der Waals surface area contributed by atoms with Gasteiger partial charge in [-0.3, -0.25) is 24.6 Å². The number of anilines is 1. The number of methoxy groups -OCH3 is 1. The summed E-state index contributed by atoms with van der Waals surface area (Å²) in [6.07, 6.45) is 0.580. The van der Waals surface area contributed by atoms with Gasteiger partial charge < -0.3 is 10.1 Å². The van der Waals surface area contributed by atoms with Crippen molar-refractivity contribution < 1.29 is 19.1 Å². The highest BCUT2D eigenvalue weighted by molar-refractivity contribution is 9.10. The Morgan fingerprint density at radius 2 is 2.04 bits per heavy atom. The third kappa shape index (κ3) is 2.22. The van der Waals surface area contributed by atoms with Gasteiger partial charge in [0.05, 0.1) is 11.8 Å². The van der Waals surface area contributed by atoms with Gasteiger partial charge in [-0.2, -0.15) is 0 Å². The molecular weight excluding hydrogens is 402 g/mol. The maximum atomic E-state index is 13.2. The van der Waals surface area contributed by atoms with E-state index in [0.717, 1.165) is 10.0 Å². The molecule has 2 N–H and O–H groups in total. The molecule has 3 amide bonds. The molecule has 0 saturated carbocycles. The SMILES string of the molecule is COCCCN1C(=O)C2C(C)NC3(C(=O)Nc4ccc(Br)cc43)C2C1=O. The number of ether oxygens (including phenoxy) is 1. The molecule has 4 rings (SSSR count). The van der Waals surface area contributed by atoms with E-state index in [1.165, 1.54) is 4.90 Å². The summed E-state index contributed by atoms with van der Waals surface area (Å²) in [7, 11) is 1.58. The van der Waals surface area contributed by atoms with Crippen molar-refractivity contribution in [3.63, 3.8) is 0 Å². The highest BCUT2D eigenvalue weighted by atomic mass is 79.9. The average molecular weight is 422 g/mol. The molecule has 2 saturated heterocycles. The largest absolute Gasteiger partial charge is 0.385 e. The molecule has 138 valence electrons. The summed E-state index contributed by atoms with van der Waals surface area (Å²) >= 11 is 3.44. The van der Waals surface area contributed by atoms with Crippen LogP contribution in [0.3, 0.4) is 0 Å². The van der Waals surface area contributed by atoms with Crippen molar-refractivity contribution in [1.29, 1.82) is 0 Å². The van der Waals surface area contributed by atoms with Crippen LogP contribution in [0.25, 0.3) is 0 Å². The van der Waals surface area contributed by atoms with Crippen molar-refractivity contribution in [3.8, 4) is 0 Å². The van der Waals surface area contributed by atoms with Gasteiger partial charge >= 0.3 is 0 Å². The molecule has 1 spiro atoms. The minimum atomic E-state index is -1.20. The monoisotopic (exact) mass is 421 g/mol. The molecule has 0 radical (unpaired) electrons. The molecule has 2 fully saturated rings. The average Bonchev–Trinajstić information content (AvgIpc) is 3.15. The number of rotatable bonds is 4. The number of nitrogens with zero attached hydrogens (tertiary/aromatic N) is 1. The Bertz CT molecular complexity index is 814. The van der Waals surface area contributed by atoms with Crippen molar-refractivity contribution in [3.05, 3.63) is 28.2 Å². The first kappa shape index (κ1) is 17.6. The van der Waals surface area contributed by atoms with E-state index in [1.54, 1.807) is 7.11 Å². The zero-order valence-corrected chi connectivity index (χ0v) is 16.1. The van der Waals surface area contributed by atoms with E-state index in [2.05, 4.69) is 26.6 Å². The summed E-state index contributed by atoms with van der Waals surface area (Å²) < 4.78 is 5.84. The van der Waals surface area contributed by atoms with Gasteiger partial charge in [0.15, 0.2) is 0 Å². The van der Waals surface area contributed by atoms with Crippen molar-refractivity contribution in [2.24, 2.45) is 11.8 Å². The van der Waals surface area contributed by atoms with Gasteiger partial charge in [0.2, 0.25) is 17.7 Å². The molecule has 3 heterocycles. The molecule has 4 unspecified atom stereocenters. The Hall–Kier alpha value is -1.77. The molecule has 3 aliphatic rings. The van der Waals surface area contributed by atoms with E-state index in [0.29, 0.717) is 25.3 Å². The smallest absolute Gasteiger partial charge is 0.250 e. The molecular formula is C18H20BrN3O4. The summed E-state index contributed by atoms with van der Waals surface area (Å²) in [5, 5.41) is 6.16. The van der Waals surface area contributed by atoms with Crippen LogP contribution in [0.15, 0.2) is 22.7 Å². The first-order valence-corrected chi connectivity index (χ1v) is 9.44. The van der Waals surface area contributed by atoms with Crippen molar-refractivity contribution >= 4 is 39.3 Å². The second kappa shape index (κ2) is 6.14. The third-order valence-electron chi connectivity index (χ3n) is 5.65. The van der Waals surface area contributed by atoms with E-state index in [1.807, 2.05) is 25.1 Å². The molecule has 1 aromatic carbocycles. The van der Waals surface area contributed by atoms with E-state index in [4.69, 9.17) is 4.74 Å². The Morgan fingerprint density at radius 3 is 2.77 bits per heavy atom. The number of fused-ring (bicyclic) bond motifs is 4. The van der Waals surface area contributed by atoms with E-state index in [9.17, 15) is 14.4 Å². The molecule has 0 aromatic heterocycles. The highest BCUT2D eigenvalue weighted by Crippen LogP contribution is 2.53. The Labute approximate surface area is 159 Å². The maximum Gasteiger partial charge on any atom is 0.250 e. The predicted molar refractivity (Wildman–Crippen MR) is 97.2 cm³/mol. The second-order valence-corrected chi connectivity index (χ2v) is 7.98. The van der Waals surface area contributed by atoms with Crippen LogP contribution in [0, 0.1) is 11.8 Å². The maximum absolute atomic E-state index is 13.2. The zero-order chi connectivity index (χ0) is 18.6. The molecule has 26 heavy (non-hydrogen) atoms. The summed E-state index contributed by atoms with van der Waals surface area (Å²) in [6, 6.07) is 5.22. The number of carbonyl (C=O) groups is 3. The molecule has 3 aliphatic heterocycles. The van der Waals surface area contributed by atoms with Gasteiger partial charge in [0.1, 0.15) is 5.54 Å². The minimum absolute atomic E-state index is 0.204. The molecule has 8 heteroatoms. The van der Waals surface area contributed by atoms with Crippen LogP contribution < -0.4 is 10.6 Å². The molecule has 0 bridgehead atoms. The lowest BCUT2D eigenvalue weighted by atomic mass is 9.76. The summed E-state index contributed by atoms with van der Waals surface area (Å²) in [5.41, 5.74) is 0.194. The normalized spacial score (nSPS) is 32.3. The van der Waals surface area contributed by atoms with Gasteiger partial charge in [0.25, 0.3) is 0 Å². The number of benzene rings is 1. The lowest BCUT2D eigenvalue weighted by molar-refractivity contribution is -0.143. The number of hydrogen-bond donors (Lipinski definition) is 2. The van der Waals surface area contributed by atoms with Crippen LogP contribution in [0.2, 0.25) is 0 Å². The fraction of sp³-hybridized carbons (Fsp3) is 0.500. The number of likely N-dealkylation sites (tertiary alicyclic amines) is 1. The number of nitrogens with one attached hydrogen (secondary N) is 2. The van der Waals surface area contributed by atoms with E-state index < -0.39 is 17.4 Å². The second-order valence-electron chi connectivity index (χ2n) is 7.06. The lowest BCUT2D eigenvalue weighted by Crippen LogP contribution is -2.53. The van der Waals surface area contributed by atoms with Crippen LogP contribution in [0.4, 0.5) is 5.69 Å². The van der Waals surface area contributed by atoms with Crippen LogP contribution in [0.1, 0.15) is 18.9 Å². The van der Waals surface area contributed by atoms with E-state index in [-0.39, 0.29) is 23.8 Å². The number of amides is 3. The van der Waals surface area contributed by atoms with Gasteiger partial charge in [-0.25, -0.2) is 0 Å². The first-order valence-electron chi connectivity index (χ1n) is 8.65. The van der Waals surface area contributed by atoms with Crippen LogP contribution >= 0.6 is 15.9 Å². The van der Waals surface area contributed by atoms with Crippen molar-refractivity contribution in [2.75, 3.05) is 25.6 Å². The molecule has 4 atom stereocenters. The number of carbonyl (C=O) groups excluding carboxylic acids is 3.